The fraction of sp³-hybridized carbons (Fsp3) is 0.882. The summed E-state index contributed by atoms with van der Waals surface area (Å²) in [6, 6.07) is -0.110. The molecule has 26 heavy (non-hydrogen) atoms. The van der Waals surface area contributed by atoms with Crippen LogP contribution in [-0.2, 0) is 9.53 Å². The van der Waals surface area contributed by atoms with E-state index in [2.05, 4.69) is 20.9 Å². The van der Waals surface area contributed by atoms with Gasteiger partial charge >= 0.3 is 6.03 Å². The van der Waals surface area contributed by atoms with Crippen molar-refractivity contribution in [1.82, 2.24) is 25.8 Å². The third kappa shape index (κ3) is 3.17. The Hall–Kier alpha value is -1.42. The number of hydrogen-bond donors (Lipinski definition) is 4. The maximum absolute atomic E-state index is 12.7. The molecule has 0 spiro atoms. The first-order valence-electron chi connectivity index (χ1n) is 9.75. The van der Waals surface area contributed by atoms with Gasteiger partial charge in [0.1, 0.15) is 6.17 Å². The summed E-state index contributed by atoms with van der Waals surface area (Å²) in [4.78, 5) is 28.8. The highest BCUT2D eigenvalue weighted by Crippen LogP contribution is 2.31. The molecule has 6 atom stereocenters. The normalized spacial score (nSPS) is 41.6. The number of piperidine rings is 2. The molecule has 4 aliphatic heterocycles. The zero-order valence-corrected chi connectivity index (χ0v) is 15.3. The molecule has 0 aromatic rings. The van der Waals surface area contributed by atoms with Gasteiger partial charge in [0, 0.05) is 6.61 Å². The number of amides is 3. The molecule has 0 radical (unpaired) electrons. The molecule has 9 nitrogen and oxygen atoms in total. The molecule has 146 valence electrons. The first-order chi connectivity index (χ1) is 12.6. The molecule has 4 fully saturated rings. The van der Waals surface area contributed by atoms with E-state index >= 15 is 0 Å². The zero-order valence-electron chi connectivity index (χ0n) is 15.3. The first-order valence-corrected chi connectivity index (χ1v) is 9.75. The van der Waals surface area contributed by atoms with Crippen LogP contribution >= 0.6 is 0 Å². The molecule has 0 aromatic carbocycles. The predicted octanol–water partition coefficient (Wildman–Crippen LogP) is -1.05. The first kappa shape index (κ1) is 18.0. The summed E-state index contributed by atoms with van der Waals surface area (Å²) < 4.78 is 6.19. The Morgan fingerprint density at radius 3 is 2.92 bits per heavy atom. The minimum atomic E-state index is -0.274. The van der Waals surface area contributed by atoms with E-state index in [1.54, 1.807) is 0 Å². The molecule has 6 unspecified atom stereocenters. The smallest absolute Gasteiger partial charge is 0.320 e. The van der Waals surface area contributed by atoms with Gasteiger partial charge < -0.3 is 20.7 Å². The van der Waals surface area contributed by atoms with Gasteiger partial charge in [-0.2, -0.15) is 0 Å². The SMILES string of the molecule is CN1CCCCOC2CCNC3NC(=O)N(C4CCC(C(N)=O)C1N4)C32. The van der Waals surface area contributed by atoms with Gasteiger partial charge in [-0.1, -0.05) is 0 Å². The number of nitrogens with one attached hydrogen (secondary N) is 3. The van der Waals surface area contributed by atoms with E-state index < -0.39 is 0 Å². The van der Waals surface area contributed by atoms with E-state index in [1.165, 1.54) is 0 Å². The lowest BCUT2D eigenvalue weighted by molar-refractivity contribution is -0.127. The Bertz CT molecular complexity index is 561. The highest BCUT2D eigenvalue weighted by molar-refractivity contribution is 5.79. The van der Waals surface area contributed by atoms with Crippen molar-refractivity contribution in [3.63, 3.8) is 0 Å². The molecule has 3 amide bonds. The molecular formula is C17H30N6O3. The zero-order chi connectivity index (χ0) is 18.3. The Kier molecular flexibility index (Phi) is 5.05. The standard InChI is InChI=1S/C17H30N6O3/c1-22-8-2-3-9-26-11-6-7-19-15-13(11)23(17(25)21-15)12-5-4-10(14(18)24)16(22)20-12/h10-13,15-16,19-20H,2-9H2,1H3,(H2,18,24)(H,21,25). The van der Waals surface area contributed by atoms with Crippen molar-refractivity contribution in [2.24, 2.45) is 11.7 Å². The monoisotopic (exact) mass is 366 g/mol. The van der Waals surface area contributed by atoms with Crippen LogP contribution in [0.25, 0.3) is 0 Å². The van der Waals surface area contributed by atoms with Gasteiger partial charge in [0.15, 0.2) is 0 Å². The lowest BCUT2D eigenvalue weighted by Gasteiger charge is -2.47. The summed E-state index contributed by atoms with van der Waals surface area (Å²) in [7, 11) is 2.01. The summed E-state index contributed by atoms with van der Waals surface area (Å²) in [6.45, 7) is 2.40. The number of nitrogens with two attached hydrogens (primary N) is 1. The van der Waals surface area contributed by atoms with Crippen molar-refractivity contribution in [2.45, 2.75) is 62.7 Å². The molecule has 2 bridgehead atoms. The minimum absolute atomic E-state index is 0.0338. The van der Waals surface area contributed by atoms with Crippen molar-refractivity contribution < 1.29 is 14.3 Å². The third-order valence-electron chi connectivity index (χ3n) is 6.26. The second-order valence-corrected chi connectivity index (χ2v) is 7.88. The lowest BCUT2D eigenvalue weighted by atomic mass is 9.90. The third-order valence-corrected chi connectivity index (χ3v) is 6.26. The van der Waals surface area contributed by atoms with Gasteiger partial charge in [-0.25, -0.2) is 4.79 Å². The van der Waals surface area contributed by atoms with Gasteiger partial charge in [-0.05, 0) is 52.2 Å². The van der Waals surface area contributed by atoms with Crippen molar-refractivity contribution >= 4 is 11.9 Å². The number of carbonyl (C=O) groups is 2. The number of fused-ring (bicyclic) bond motifs is 3. The highest BCUT2D eigenvalue weighted by atomic mass is 16.5. The molecule has 4 saturated heterocycles. The van der Waals surface area contributed by atoms with Crippen LogP contribution in [0.3, 0.4) is 0 Å². The summed E-state index contributed by atoms with van der Waals surface area (Å²) >= 11 is 0. The Balaban J connectivity index is 1.63. The number of primary amides is 1. The average molecular weight is 366 g/mol. The van der Waals surface area contributed by atoms with Gasteiger partial charge in [0.25, 0.3) is 0 Å². The second-order valence-electron chi connectivity index (χ2n) is 7.88. The quantitative estimate of drug-likeness (QED) is 0.471. The molecule has 4 heterocycles. The van der Waals surface area contributed by atoms with Gasteiger partial charge in [-0.3, -0.25) is 20.3 Å². The largest absolute Gasteiger partial charge is 0.376 e. The number of ether oxygens (including phenoxy) is 1. The molecule has 0 aliphatic carbocycles. The van der Waals surface area contributed by atoms with Gasteiger partial charge in [-0.15, -0.1) is 0 Å². The molecule has 4 aliphatic rings. The number of carbonyl (C=O) groups excluding carboxylic acids is 2. The summed E-state index contributed by atoms with van der Waals surface area (Å²) in [5, 5.41) is 10.0. The van der Waals surface area contributed by atoms with E-state index in [0.717, 1.165) is 32.4 Å². The van der Waals surface area contributed by atoms with Crippen molar-refractivity contribution in [3.8, 4) is 0 Å². The van der Waals surface area contributed by atoms with Crippen LogP contribution in [0.4, 0.5) is 4.79 Å². The molecule has 0 saturated carbocycles. The molecule has 9 heteroatoms. The van der Waals surface area contributed by atoms with Crippen molar-refractivity contribution in [2.75, 3.05) is 26.7 Å². The van der Waals surface area contributed by atoms with Crippen molar-refractivity contribution in [3.05, 3.63) is 0 Å². The van der Waals surface area contributed by atoms with E-state index in [1.807, 2.05) is 11.9 Å². The van der Waals surface area contributed by atoms with Crippen molar-refractivity contribution in [1.29, 1.82) is 0 Å². The van der Waals surface area contributed by atoms with Crippen LogP contribution in [0.1, 0.15) is 32.1 Å². The average Bonchev–Trinajstić information content (AvgIpc) is 2.96. The maximum Gasteiger partial charge on any atom is 0.320 e. The number of rotatable bonds is 1. The highest BCUT2D eigenvalue weighted by Gasteiger charge is 2.51. The Morgan fingerprint density at radius 1 is 1.27 bits per heavy atom. The predicted molar refractivity (Wildman–Crippen MR) is 94.8 cm³/mol. The van der Waals surface area contributed by atoms with Crippen LogP contribution in [0, 0.1) is 5.92 Å². The summed E-state index contributed by atoms with van der Waals surface area (Å²) in [5.41, 5.74) is 5.66. The van der Waals surface area contributed by atoms with Crippen LogP contribution < -0.4 is 21.7 Å². The van der Waals surface area contributed by atoms with Crippen LogP contribution in [0.2, 0.25) is 0 Å². The topological polar surface area (TPSA) is 112 Å². The number of urea groups is 1. The summed E-state index contributed by atoms with van der Waals surface area (Å²) in [6.07, 6.45) is 3.93. The minimum Gasteiger partial charge on any atom is -0.376 e. The van der Waals surface area contributed by atoms with Gasteiger partial charge in [0.05, 0.1) is 30.4 Å². The molecule has 4 rings (SSSR count). The number of nitrogens with zero attached hydrogens (tertiary/aromatic N) is 2. The maximum atomic E-state index is 12.7. The van der Waals surface area contributed by atoms with Crippen LogP contribution in [0.15, 0.2) is 0 Å². The van der Waals surface area contributed by atoms with E-state index in [4.69, 9.17) is 10.5 Å². The van der Waals surface area contributed by atoms with E-state index in [9.17, 15) is 9.59 Å². The Morgan fingerprint density at radius 2 is 2.12 bits per heavy atom. The van der Waals surface area contributed by atoms with E-state index in [0.29, 0.717) is 19.4 Å². The van der Waals surface area contributed by atoms with E-state index in [-0.39, 0.29) is 48.5 Å². The number of hydrogen-bond acceptors (Lipinski definition) is 6. The fourth-order valence-electron chi connectivity index (χ4n) is 4.92. The second kappa shape index (κ2) is 7.30. The Labute approximate surface area is 154 Å². The van der Waals surface area contributed by atoms with Crippen LogP contribution in [-0.4, -0.2) is 79.1 Å². The fourth-order valence-corrected chi connectivity index (χ4v) is 4.92. The lowest BCUT2D eigenvalue weighted by Crippen LogP contribution is -2.67. The van der Waals surface area contributed by atoms with Crippen LogP contribution in [0.5, 0.6) is 0 Å². The molecule has 0 aromatic heterocycles. The summed E-state index contributed by atoms with van der Waals surface area (Å²) in [5.74, 6) is -0.513. The molecule has 5 N–H and O–H groups in total. The molecular weight excluding hydrogens is 336 g/mol. The van der Waals surface area contributed by atoms with Gasteiger partial charge in [0.2, 0.25) is 5.91 Å².